The van der Waals surface area contributed by atoms with Crippen LogP contribution in [0.25, 0.3) is 10.9 Å². The van der Waals surface area contributed by atoms with E-state index < -0.39 is 0 Å². The van der Waals surface area contributed by atoms with Gasteiger partial charge in [0.25, 0.3) is 0 Å². The van der Waals surface area contributed by atoms with Crippen molar-refractivity contribution in [1.29, 1.82) is 5.26 Å². The van der Waals surface area contributed by atoms with Gasteiger partial charge in [-0.15, -0.1) is 0 Å². The number of nitriles is 1. The molecule has 1 aromatic heterocycles. The van der Waals surface area contributed by atoms with Crippen molar-refractivity contribution in [2.75, 3.05) is 13.1 Å². The third-order valence-electron chi connectivity index (χ3n) is 3.87. The zero-order valence-corrected chi connectivity index (χ0v) is 19.2. The van der Waals surface area contributed by atoms with E-state index in [1.165, 1.54) is 4.90 Å². The molecule has 1 aliphatic rings. The van der Waals surface area contributed by atoms with Crippen molar-refractivity contribution in [3.05, 3.63) is 36.0 Å². The molecule has 1 fully saturated rings. The number of aromatic nitrogens is 1. The predicted octanol–water partition coefficient (Wildman–Crippen LogP) is -1.78. The van der Waals surface area contributed by atoms with Gasteiger partial charge in [0.15, 0.2) is 0 Å². The van der Waals surface area contributed by atoms with Gasteiger partial charge in [0, 0.05) is 18.3 Å². The van der Waals surface area contributed by atoms with Crippen LogP contribution in [-0.4, -0.2) is 40.8 Å². The first-order valence-corrected chi connectivity index (χ1v) is 7.16. The second-order valence-corrected chi connectivity index (χ2v) is 5.22. The minimum absolute atomic E-state index is 0. The fraction of sp³-hybridized carbons (Fsp3) is 0.312. The normalized spacial score (nSPS) is 16.7. The minimum Gasteiger partial charge on any atom is -0.384 e. The molecule has 112 valence electrons. The number of hydrogen-bond donors (Lipinski definition) is 2. The van der Waals surface area contributed by atoms with Crippen molar-refractivity contribution in [1.82, 2.24) is 15.2 Å². The summed E-state index contributed by atoms with van der Waals surface area (Å²) in [6.07, 6.45) is 3.14. The number of fused-ring (bicyclic) bond motifs is 1. The number of para-hydroxylation sites is 1. The van der Waals surface area contributed by atoms with Crippen LogP contribution in [-0.2, 0) is 4.79 Å². The number of H-pyrrole nitrogens is 1. The first-order chi connectivity index (χ1) is 10.7. The molecule has 3 rings (SSSR count). The summed E-state index contributed by atoms with van der Waals surface area (Å²) in [6, 6.07) is 10.1. The van der Waals surface area contributed by atoms with E-state index >= 15 is 0 Å². The van der Waals surface area contributed by atoms with Crippen molar-refractivity contribution in [2.24, 2.45) is 0 Å². The van der Waals surface area contributed by atoms with Crippen molar-refractivity contribution in [3.8, 4) is 6.07 Å². The summed E-state index contributed by atoms with van der Waals surface area (Å²) in [4.78, 5) is 28.8. The summed E-state index contributed by atoms with van der Waals surface area (Å²) in [5, 5.41) is 12.4. The van der Waals surface area contributed by atoms with Gasteiger partial charge in [0.05, 0.1) is 12.6 Å². The summed E-state index contributed by atoms with van der Waals surface area (Å²) in [6.45, 7) is 0.481. The zero-order valence-electron chi connectivity index (χ0n) is 12.9. The third-order valence-corrected chi connectivity index (χ3v) is 3.87. The largest absolute Gasteiger partial charge is 1.00 e. The molecular weight excluding hydrogens is 413 g/mol. The number of amides is 2. The number of aromatic amines is 1. The number of carbonyl (C=O) groups excluding carboxylic acids is 2. The molecule has 6 nitrogen and oxygen atoms in total. The Morgan fingerprint density at radius 3 is 3.13 bits per heavy atom. The minimum atomic E-state index is -0.368. The zero-order chi connectivity index (χ0) is 15.5. The van der Waals surface area contributed by atoms with Crippen molar-refractivity contribution < 1.29 is 78.5 Å². The standard InChI is InChI=1S/C16H15N4O2.Cs/c17-8-11-4-3-7-20(11)15(21)10-19-16(22)13-9-18-14-6-2-1-5-12(13)14;/h1-2,5,9,11,18H,3-4,7,10H2,(H,19,22);/q-1;+1/t11-;/m0./s1. The summed E-state index contributed by atoms with van der Waals surface area (Å²) in [5.41, 5.74) is 1.24. The van der Waals surface area contributed by atoms with Crippen LogP contribution >= 0.6 is 0 Å². The van der Waals surface area contributed by atoms with Crippen molar-refractivity contribution in [3.63, 3.8) is 0 Å². The summed E-state index contributed by atoms with van der Waals surface area (Å²) < 4.78 is 0. The Kier molecular flexibility index (Phi) is 6.76. The van der Waals surface area contributed by atoms with Crippen LogP contribution in [0, 0.1) is 17.4 Å². The quantitative estimate of drug-likeness (QED) is 0.567. The number of nitrogens with one attached hydrogen (secondary N) is 2. The topological polar surface area (TPSA) is 89.0 Å². The fourth-order valence-corrected chi connectivity index (χ4v) is 2.74. The van der Waals surface area contributed by atoms with Crippen LogP contribution in [0.4, 0.5) is 0 Å². The molecule has 2 amide bonds. The van der Waals surface area contributed by atoms with E-state index in [1.54, 1.807) is 18.3 Å². The average Bonchev–Trinajstić information content (AvgIpc) is 3.18. The van der Waals surface area contributed by atoms with Gasteiger partial charge in [0.2, 0.25) is 11.8 Å². The molecule has 1 aliphatic heterocycles. The van der Waals surface area contributed by atoms with Gasteiger partial charge in [-0.2, -0.15) is 29.5 Å². The fourth-order valence-electron chi connectivity index (χ4n) is 2.74. The maximum atomic E-state index is 12.2. The van der Waals surface area contributed by atoms with Gasteiger partial charge in [-0.05, 0) is 12.8 Å². The maximum absolute atomic E-state index is 12.2. The van der Waals surface area contributed by atoms with E-state index in [0.29, 0.717) is 18.5 Å². The molecule has 0 bridgehead atoms. The molecule has 2 N–H and O–H groups in total. The van der Waals surface area contributed by atoms with Crippen LogP contribution in [0.3, 0.4) is 0 Å². The molecule has 0 saturated carbocycles. The van der Waals surface area contributed by atoms with Crippen LogP contribution in [0.5, 0.6) is 0 Å². The van der Waals surface area contributed by atoms with Crippen LogP contribution in [0.15, 0.2) is 24.4 Å². The predicted molar refractivity (Wildman–Crippen MR) is 79.8 cm³/mol. The third kappa shape index (κ3) is 4.02. The average molecular weight is 428 g/mol. The van der Waals surface area contributed by atoms with E-state index in [4.69, 9.17) is 5.26 Å². The van der Waals surface area contributed by atoms with Crippen LogP contribution in [0.1, 0.15) is 23.2 Å². The molecule has 1 atom stereocenters. The molecule has 0 radical (unpaired) electrons. The molecule has 7 heteroatoms. The molecule has 0 unspecified atom stereocenters. The molecule has 2 heterocycles. The molecule has 0 aliphatic carbocycles. The van der Waals surface area contributed by atoms with E-state index in [-0.39, 0.29) is 93.3 Å². The Bertz CT molecular complexity index is 765. The summed E-state index contributed by atoms with van der Waals surface area (Å²) >= 11 is 0. The van der Waals surface area contributed by atoms with E-state index in [0.717, 1.165) is 17.3 Å². The van der Waals surface area contributed by atoms with Gasteiger partial charge in [-0.1, -0.05) is 10.9 Å². The van der Waals surface area contributed by atoms with Gasteiger partial charge in [-0.25, -0.2) is 0 Å². The SMILES string of the molecule is N#C[C@@H]1CCCN1C(=O)CNC(=O)c1c[nH]c2[c-]cccc12.[Cs+]. The van der Waals surface area contributed by atoms with Crippen molar-refractivity contribution >= 4 is 22.7 Å². The van der Waals surface area contributed by atoms with E-state index in [9.17, 15) is 9.59 Å². The Hall–Kier alpha value is -0.758. The van der Waals surface area contributed by atoms with Gasteiger partial charge >= 0.3 is 68.9 Å². The number of likely N-dealkylation sites (tertiary alicyclic amines) is 1. The molecule has 1 aromatic carbocycles. The Balaban J connectivity index is 0.00000192. The van der Waals surface area contributed by atoms with E-state index in [2.05, 4.69) is 22.4 Å². The summed E-state index contributed by atoms with van der Waals surface area (Å²) in [5.74, 6) is -0.532. The Morgan fingerprint density at radius 1 is 1.52 bits per heavy atom. The first-order valence-electron chi connectivity index (χ1n) is 7.16. The second-order valence-electron chi connectivity index (χ2n) is 5.22. The molecule has 23 heavy (non-hydrogen) atoms. The summed E-state index contributed by atoms with van der Waals surface area (Å²) in [7, 11) is 0. The van der Waals surface area contributed by atoms with Crippen LogP contribution in [0.2, 0.25) is 0 Å². The van der Waals surface area contributed by atoms with Gasteiger partial charge in [-0.3, -0.25) is 9.59 Å². The number of benzene rings is 1. The first kappa shape index (κ1) is 18.6. The maximum Gasteiger partial charge on any atom is 1.00 e. The molecular formula is C16H15CsN4O2. The Labute approximate surface area is 193 Å². The van der Waals surface area contributed by atoms with Crippen molar-refractivity contribution in [2.45, 2.75) is 18.9 Å². The van der Waals surface area contributed by atoms with E-state index in [1.807, 2.05) is 6.07 Å². The van der Waals surface area contributed by atoms with Crippen LogP contribution < -0.4 is 74.2 Å². The monoisotopic (exact) mass is 428 g/mol. The number of hydrogen-bond acceptors (Lipinski definition) is 3. The molecule has 2 aromatic rings. The molecule has 0 spiro atoms. The number of rotatable bonds is 3. The molecule has 1 saturated heterocycles. The number of carbonyl (C=O) groups is 2. The smallest absolute Gasteiger partial charge is 0.384 e. The second kappa shape index (κ2) is 8.37. The van der Waals surface area contributed by atoms with Gasteiger partial charge in [0.1, 0.15) is 6.04 Å². The Morgan fingerprint density at radius 2 is 2.35 bits per heavy atom. The number of nitrogens with zero attached hydrogens (tertiary/aromatic N) is 2. The van der Waals surface area contributed by atoms with Gasteiger partial charge < -0.3 is 15.2 Å².